The first-order valence-electron chi connectivity index (χ1n) is 5.45. The standard InChI is InChI=1S/C10H16N4O3/c1-10(2)5-14(3-7(4-15)17-10)9(16)8-11-6-12-13-8/h6-7,15H,3-5H2,1-2H3,(H,11,12,13). The fourth-order valence-corrected chi connectivity index (χ4v) is 2.00. The summed E-state index contributed by atoms with van der Waals surface area (Å²) in [6.07, 6.45) is 0.938. The molecule has 1 amide bonds. The normalized spacial score (nSPS) is 23.7. The Morgan fingerprint density at radius 1 is 1.76 bits per heavy atom. The van der Waals surface area contributed by atoms with Crippen molar-refractivity contribution in [3.8, 4) is 0 Å². The van der Waals surface area contributed by atoms with Crippen molar-refractivity contribution in [1.82, 2.24) is 20.1 Å². The summed E-state index contributed by atoms with van der Waals surface area (Å²) in [7, 11) is 0. The van der Waals surface area contributed by atoms with Crippen LogP contribution in [0.1, 0.15) is 24.5 Å². The van der Waals surface area contributed by atoms with Crippen molar-refractivity contribution >= 4 is 5.91 Å². The maximum Gasteiger partial charge on any atom is 0.291 e. The quantitative estimate of drug-likeness (QED) is 0.721. The molecule has 2 N–H and O–H groups in total. The van der Waals surface area contributed by atoms with Crippen molar-refractivity contribution in [3.05, 3.63) is 12.2 Å². The molecule has 0 spiro atoms. The number of H-pyrrole nitrogens is 1. The molecule has 0 aromatic carbocycles. The van der Waals surface area contributed by atoms with E-state index in [1.165, 1.54) is 6.33 Å². The van der Waals surface area contributed by atoms with E-state index in [2.05, 4.69) is 15.2 Å². The SMILES string of the molecule is CC1(C)CN(C(=O)c2ncn[nH]2)CC(CO)O1. The summed E-state index contributed by atoms with van der Waals surface area (Å²) in [6, 6.07) is 0. The van der Waals surface area contributed by atoms with Crippen LogP contribution in [0.4, 0.5) is 0 Å². The molecule has 1 atom stereocenters. The number of ether oxygens (including phenoxy) is 1. The highest BCUT2D eigenvalue weighted by molar-refractivity contribution is 5.90. The van der Waals surface area contributed by atoms with Crippen LogP contribution in [0.15, 0.2) is 6.33 Å². The zero-order chi connectivity index (χ0) is 12.5. The van der Waals surface area contributed by atoms with Gasteiger partial charge in [0.15, 0.2) is 0 Å². The fourth-order valence-electron chi connectivity index (χ4n) is 2.00. The summed E-state index contributed by atoms with van der Waals surface area (Å²) in [5, 5.41) is 15.3. The second-order valence-electron chi connectivity index (χ2n) is 4.70. The van der Waals surface area contributed by atoms with Crippen LogP contribution in [-0.2, 0) is 4.74 Å². The van der Waals surface area contributed by atoms with Crippen LogP contribution in [-0.4, -0.2) is 62.5 Å². The minimum Gasteiger partial charge on any atom is -0.394 e. The average molecular weight is 240 g/mol. The molecule has 1 saturated heterocycles. The predicted octanol–water partition coefficient (Wildman–Crippen LogP) is -0.583. The molecule has 1 unspecified atom stereocenters. The first-order valence-corrected chi connectivity index (χ1v) is 5.45. The van der Waals surface area contributed by atoms with Crippen molar-refractivity contribution in [2.24, 2.45) is 0 Å². The lowest BCUT2D eigenvalue weighted by molar-refractivity contribution is -0.139. The molecular formula is C10H16N4O3. The van der Waals surface area contributed by atoms with Crippen LogP contribution >= 0.6 is 0 Å². The average Bonchev–Trinajstić information content (AvgIpc) is 2.79. The molecule has 94 valence electrons. The van der Waals surface area contributed by atoms with Gasteiger partial charge in [-0.3, -0.25) is 9.89 Å². The first kappa shape index (κ1) is 12.0. The number of nitrogens with zero attached hydrogens (tertiary/aromatic N) is 3. The predicted molar refractivity (Wildman–Crippen MR) is 58.3 cm³/mol. The van der Waals surface area contributed by atoms with E-state index in [9.17, 15) is 4.79 Å². The van der Waals surface area contributed by atoms with Gasteiger partial charge in [-0.05, 0) is 13.8 Å². The molecule has 0 saturated carbocycles. The lowest BCUT2D eigenvalue weighted by Crippen LogP contribution is -2.55. The second-order valence-corrected chi connectivity index (χ2v) is 4.70. The molecule has 0 radical (unpaired) electrons. The van der Waals surface area contributed by atoms with E-state index in [1.54, 1.807) is 4.90 Å². The Labute approximate surface area is 98.8 Å². The maximum absolute atomic E-state index is 12.1. The van der Waals surface area contributed by atoms with Gasteiger partial charge in [-0.25, -0.2) is 4.98 Å². The molecule has 1 aromatic rings. The van der Waals surface area contributed by atoms with Crippen LogP contribution in [0.3, 0.4) is 0 Å². The zero-order valence-electron chi connectivity index (χ0n) is 9.88. The first-order chi connectivity index (χ1) is 8.02. The van der Waals surface area contributed by atoms with Crippen LogP contribution in [0.2, 0.25) is 0 Å². The van der Waals surface area contributed by atoms with E-state index < -0.39 is 5.60 Å². The van der Waals surface area contributed by atoms with Crippen molar-refractivity contribution in [1.29, 1.82) is 0 Å². The summed E-state index contributed by atoms with van der Waals surface area (Å²) >= 11 is 0. The van der Waals surface area contributed by atoms with E-state index in [1.807, 2.05) is 13.8 Å². The minimum absolute atomic E-state index is 0.108. The Hall–Kier alpha value is -1.47. The Balaban J connectivity index is 2.12. The summed E-state index contributed by atoms with van der Waals surface area (Å²) in [4.78, 5) is 17.5. The fraction of sp³-hybridized carbons (Fsp3) is 0.700. The minimum atomic E-state index is -0.471. The maximum atomic E-state index is 12.1. The van der Waals surface area contributed by atoms with E-state index in [0.717, 1.165) is 0 Å². The van der Waals surface area contributed by atoms with Gasteiger partial charge in [-0.15, -0.1) is 0 Å². The topological polar surface area (TPSA) is 91.3 Å². The lowest BCUT2D eigenvalue weighted by atomic mass is 10.1. The number of aliphatic hydroxyl groups is 1. The molecule has 7 nitrogen and oxygen atoms in total. The number of aromatic amines is 1. The molecule has 0 aliphatic carbocycles. The zero-order valence-corrected chi connectivity index (χ0v) is 9.88. The molecule has 17 heavy (non-hydrogen) atoms. The Morgan fingerprint density at radius 3 is 3.12 bits per heavy atom. The van der Waals surface area contributed by atoms with Gasteiger partial charge in [0.05, 0.1) is 18.3 Å². The van der Waals surface area contributed by atoms with Crippen LogP contribution in [0.25, 0.3) is 0 Å². The number of carbonyl (C=O) groups excluding carboxylic acids is 1. The van der Waals surface area contributed by atoms with Gasteiger partial charge in [0.25, 0.3) is 5.91 Å². The summed E-state index contributed by atoms with van der Waals surface area (Å²) in [5.74, 6) is -0.0169. The number of aromatic nitrogens is 3. The second kappa shape index (κ2) is 4.42. The van der Waals surface area contributed by atoms with Crippen molar-refractivity contribution < 1.29 is 14.6 Å². The van der Waals surface area contributed by atoms with Crippen LogP contribution in [0, 0.1) is 0 Å². The molecular weight excluding hydrogens is 224 g/mol. The number of hydrogen-bond donors (Lipinski definition) is 2. The highest BCUT2D eigenvalue weighted by Crippen LogP contribution is 2.21. The Bertz CT molecular complexity index is 390. The largest absolute Gasteiger partial charge is 0.394 e. The Morgan fingerprint density at radius 2 is 2.53 bits per heavy atom. The summed E-state index contributed by atoms with van der Waals surface area (Å²) < 4.78 is 5.63. The number of rotatable bonds is 2. The summed E-state index contributed by atoms with van der Waals surface area (Å²) in [5.41, 5.74) is -0.471. The van der Waals surface area contributed by atoms with Crippen molar-refractivity contribution in [2.75, 3.05) is 19.7 Å². The number of hydrogen-bond acceptors (Lipinski definition) is 5. The van der Waals surface area contributed by atoms with Gasteiger partial charge >= 0.3 is 0 Å². The third-order valence-corrected chi connectivity index (χ3v) is 2.59. The van der Waals surface area contributed by atoms with Gasteiger partial charge in [-0.2, -0.15) is 5.10 Å². The van der Waals surface area contributed by atoms with Gasteiger partial charge < -0.3 is 14.7 Å². The van der Waals surface area contributed by atoms with E-state index >= 15 is 0 Å². The van der Waals surface area contributed by atoms with Gasteiger partial charge in [0.1, 0.15) is 6.33 Å². The molecule has 1 fully saturated rings. The summed E-state index contributed by atoms with van der Waals surface area (Å²) in [6.45, 7) is 4.48. The number of amides is 1. The molecule has 1 aromatic heterocycles. The van der Waals surface area contributed by atoms with E-state index in [0.29, 0.717) is 13.1 Å². The Kier molecular flexibility index (Phi) is 3.12. The van der Waals surface area contributed by atoms with Gasteiger partial charge in [-0.1, -0.05) is 0 Å². The molecule has 7 heteroatoms. The highest BCUT2D eigenvalue weighted by Gasteiger charge is 2.36. The van der Waals surface area contributed by atoms with E-state index in [-0.39, 0.29) is 24.4 Å². The van der Waals surface area contributed by atoms with Gasteiger partial charge in [0, 0.05) is 13.1 Å². The molecule has 2 rings (SSSR count). The van der Waals surface area contributed by atoms with Crippen LogP contribution < -0.4 is 0 Å². The van der Waals surface area contributed by atoms with Crippen LogP contribution in [0.5, 0.6) is 0 Å². The third-order valence-electron chi connectivity index (χ3n) is 2.59. The number of nitrogens with one attached hydrogen (secondary N) is 1. The highest BCUT2D eigenvalue weighted by atomic mass is 16.5. The van der Waals surface area contributed by atoms with Gasteiger partial charge in [0.2, 0.25) is 5.82 Å². The number of carbonyl (C=O) groups is 1. The molecule has 1 aliphatic rings. The van der Waals surface area contributed by atoms with Crippen molar-refractivity contribution in [2.45, 2.75) is 25.6 Å². The lowest BCUT2D eigenvalue weighted by Gasteiger charge is -2.41. The van der Waals surface area contributed by atoms with E-state index in [4.69, 9.17) is 9.84 Å². The monoisotopic (exact) mass is 240 g/mol. The number of aliphatic hydroxyl groups excluding tert-OH is 1. The molecule has 0 bridgehead atoms. The molecule has 1 aliphatic heterocycles. The molecule has 2 heterocycles. The smallest absolute Gasteiger partial charge is 0.291 e. The third kappa shape index (κ3) is 2.62. The number of morpholine rings is 1. The van der Waals surface area contributed by atoms with Crippen molar-refractivity contribution in [3.63, 3.8) is 0 Å².